The molecule has 0 saturated heterocycles. The van der Waals surface area contributed by atoms with E-state index < -0.39 is 8.80 Å². The Labute approximate surface area is 186 Å². The average Bonchev–Trinajstić information content (AvgIpc) is 3.18. The molecule has 0 unspecified atom stereocenters. The van der Waals surface area contributed by atoms with Gasteiger partial charge in [0.1, 0.15) is 0 Å². The van der Waals surface area contributed by atoms with E-state index in [9.17, 15) is 0 Å². The van der Waals surface area contributed by atoms with Gasteiger partial charge in [-0.3, -0.25) is 0 Å². The lowest BCUT2D eigenvalue weighted by atomic mass is 10.1. The first-order valence-corrected chi connectivity index (χ1v) is 13.1. The molecule has 0 fully saturated rings. The third kappa shape index (κ3) is 6.58. The summed E-state index contributed by atoms with van der Waals surface area (Å²) >= 11 is 0. The SMILES string of the molecule is CCO[Si](CCCn1nc(Cc2ccccc2)nc1-c1ccccc1)(OCC)OCC. The van der Waals surface area contributed by atoms with Crippen molar-refractivity contribution in [2.45, 2.75) is 46.2 Å². The zero-order valence-corrected chi connectivity index (χ0v) is 19.8. The molecule has 0 N–H and O–H groups in total. The van der Waals surface area contributed by atoms with Crippen molar-refractivity contribution >= 4 is 8.80 Å². The van der Waals surface area contributed by atoms with E-state index in [4.69, 9.17) is 23.4 Å². The van der Waals surface area contributed by atoms with Crippen molar-refractivity contribution in [1.82, 2.24) is 14.8 Å². The summed E-state index contributed by atoms with van der Waals surface area (Å²) in [6, 6.07) is 21.3. The van der Waals surface area contributed by atoms with Gasteiger partial charge >= 0.3 is 8.80 Å². The first-order valence-electron chi connectivity index (χ1n) is 11.1. The first kappa shape index (κ1) is 23.3. The molecule has 0 atom stereocenters. The van der Waals surface area contributed by atoms with Crippen LogP contribution in [-0.2, 0) is 26.2 Å². The summed E-state index contributed by atoms with van der Waals surface area (Å²) in [5.74, 6) is 1.72. The van der Waals surface area contributed by atoms with Gasteiger partial charge in [0.15, 0.2) is 11.6 Å². The van der Waals surface area contributed by atoms with Gasteiger partial charge in [0.25, 0.3) is 0 Å². The largest absolute Gasteiger partial charge is 0.500 e. The third-order valence-corrected chi connectivity index (χ3v) is 8.05. The maximum Gasteiger partial charge on any atom is 0.500 e. The summed E-state index contributed by atoms with van der Waals surface area (Å²) in [5.41, 5.74) is 2.27. The van der Waals surface area contributed by atoms with Crippen LogP contribution in [0, 0.1) is 0 Å². The minimum absolute atomic E-state index is 0.589. The van der Waals surface area contributed by atoms with Crippen LogP contribution in [0.4, 0.5) is 0 Å². The highest BCUT2D eigenvalue weighted by molar-refractivity contribution is 6.60. The van der Waals surface area contributed by atoms with Crippen LogP contribution in [0.3, 0.4) is 0 Å². The van der Waals surface area contributed by atoms with Crippen molar-refractivity contribution in [3.8, 4) is 11.4 Å². The number of hydrogen-bond acceptors (Lipinski definition) is 5. The number of rotatable bonds is 13. The quantitative estimate of drug-likeness (QED) is 0.352. The molecule has 7 heteroatoms. The molecule has 0 spiro atoms. The Morgan fingerprint density at radius 2 is 1.39 bits per heavy atom. The third-order valence-electron chi connectivity index (χ3n) is 4.90. The minimum atomic E-state index is -2.66. The molecule has 31 heavy (non-hydrogen) atoms. The summed E-state index contributed by atoms with van der Waals surface area (Å²) < 4.78 is 20.0. The highest BCUT2D eigenvalue weighted by Crippen LogP contribution is 2.22. The monoisotopic (exact) mass is 439 g/mol. The van der Waals surface area contributed by atoms with E-state index in [0.717, 1.165) is 36.2 Å². The minimum Gasteiger partial charge on any atom is -0.374 e. The second-order valence-electron chi connectivity index (χ2n) is 7.19. The van der Waals surface area contributed by atoms with E-state index in [1.807, 2.05) is 61.9 Å². The van der Waals surface area contributed by atoms with Gasteiger partial charge in [-0.25, -0.2) is 9.67 Å². The molecule has 0 saturated carbocycles. The smallest absolute Gasteiger partial charge is 0.374 e. The fraction of sp³-hybridized carbons (Fsp3) is 0.417. The van der Waals surface area contributed by atoms with Crippen molar-refractivity contribution in [3.63, 3.8) is 0 Å². The molecule has 166 valence electrons. The lowest BCUT2D eigenvalue weighted by molar-refractivity contribution is 0.0704. The molecule has 1 aromatic heterocycles. The number of nitrogens with zero attached hydrogens (tertiary/aromatic N) is 3. The van der Waals surface area contributed by atoms with Gasteiger partial charge < -0.3 is 13.3 Å². The zero-order chi connectivity index (χ0) is 21.9. The molecular formula is C24H33N3O3Si. The molecule has 0 bridgehead atoms. The zero-order valence-electron chi connectivity index (χ0n) is 18.8. The molecule has 3 rings (SSSR count). The second-order valence-corrected chi connectivity index (χ2v) is 9.92. The number of aryl methyl sites for hydroxylation is 1. The topological polar surface area (TPSA) is 58.4 Å². The maximum atomic E-state index is 6.00. The lowest BCUT2D eigenvalue weighted by Crippen LogP contribution is -2.46. The van der Waals surface area contributed by atoms with Crippen LogP contribution in [0.1, 0.15) is 38.6 Å². The highest BCUT2D eigenvalue weighted by Gasteiger charge is 2.39. The Bertz CT molecular complexity index is 886. The lowest BCUT2D eigenvalue weighted by Gasteiger charge is -2.28. The number of benzene rings is 2. The van der Waals surface area contributed by atoms with Gasteiger partial charge in [-0.05, 0) is 32.8 Å². The van der Waals surface area contributed by atoms with Crippen LogP contribution in [-0.4, -0.2) is 43.4 Å². The average molecular weight is 440 g/mol. The molecule has 0 aliphatic carbocycles. The Kier molecular flexibility index (Phi) is 8.96. The summed E-state index contributed by atoms with van der Waals surface area (Å²) in [7, 11) is -2.66. The standard InChI is InChI=1S/C24H33N3O3Si/c1-4-28-31(29-5-2,30-6-3)19-13-18-27-24(22-16-11-8-12-17-22)25-23(26-27)20-21-14-9-7-10-15-21/h7-12,14-17H,4-6,13,18-20H2,1-3H3. The van der Waals surface area contributed by atoms with E-state index in [1.165, 1.54) is 5.56 Å². The molecule has 3 aromatic rings. The Hall–Kier alpha value is -2.32. The molecule has 0 amide bonds. The van der Waals surface area contributed by atoms with Crippen LogP contribution in [0.25, 0.3) is 11.4 Å². The Balaban J connectivity index is 1.78. The molecule has 0 aliphatic heterocycles. The predicted octanol–water partition coefficient (Wildman–Crippen LogP) is 4.97. The van der Waals surface area contributed by atoms with Crippen LogP contribution in [0.15, 0.2) is 60.7 Å². The van der Waals surface area contributed by atoms with Crippen molar-refractivity contribution in [3.05, 3.63) is 72.1 Å². The summed E-state index contributed by atoms with van der Waals surface area (Å²) in [5, 5.41) is 4.84. The van der Waals surface area contributed by atoms with Gasteiger partial charge in [-0.1, -0.05) is 60.7 Å². The van der Waals surface area contributed by atoms with Gasteiger partial charge in [0.2, 0.25) is 0 Å². The van der Waals surface area contributed by atoms with E-state index in [0.29, 0.717) is 26.2 Å². The highest BCUT2D eigenvalue weighted by atomic mass is 28.4. The van der Waals surface area contributed by atoms with Crippen molar-refractivity contribution in [1.29, 1.82) is 0 Å². The number of aromatic nitrogens is 3. The van der Waals surface area contributed by atoms with E-state index in [1.54, 1.807) is 0 Å². The molecule has 1 heterocycles. The molecule has 0 radical (unpaired) electrons. The fourth-order valence-electron chi connectivity index (χ4n) is 3.65. The molecule has 0 aliphatic rings. The predicted molar refractivity (Wildman–Crippen MR) is 125 cm³/mol. The van der Waals surface area contributed by atoms with Crippen molar-refractivity contribution < 1.29 is 13.3 Å². The van der Waals surface area contributed by atoms with Gasteiger partial charge in [-0.2, -0.15) is 5.10 Å². The van der Waals surface area contributed by atoms with Crippen LogP contribution in [0.2, 0.25) is 6.04 Å². The summed E-state index contributed by atoms with van der Waals surface area (Å²) in [4.78, 5) is 4.87. The second kappa shape index (κ2) is 11.9. The van der Waals surface area contributed by atoms with Crippen molar-refractivity contribution in [2.75, 3.05) is 19.8 Å². The van der Waals surface area contributed by atoms with E-state index >= 15 is 0 Å². The van der Waals surface area contributed by atoms with E-state index in [-0.39, 0.29) is 0 Å². The maximum absolute atomic E-state index is 6.00. The van der Waals surface area contributed by atoms with Crippen molar-refractivity contribution in [2.24, 2.45) is 0 Å². The van der Waals surface area contributed by atoms with Gasteiger partial charge in [0, 0.05) is 44.4 Å². The molecule has 6 nitrogen and oxygen atoms in total. The Morgan fingerprint density at radius 1 is 0.806 bits per heavy atom. The fourth-order valence-corrected chi connectivity index (χ4v) is 6.24. The van der Waals surface area contributed by atoms with E-state index in [2.05, 4.69) is 24.3 Å². The first-order chi connectivity index (χ1) is 15.2. The number of hydrogen-bond donors (Lipinski definition) is 0. The van der Waals surface area contributed by atoms with Crippen LogP contribution >= 0.6 is 0 Å². The van der Waals surface area contributed by atoms with Crippen LogP contribution < -0.4 is 0 Å². The Morgan fingerprint density at radius 3 is 1.97 bits per heavy atom. The van der Waals surface area contributed by atoms with Crippen LogP contribution in [0.5, 0.6) is 0 Å². The van der Waals surface area contributed by atoms with Gasteiger partial charge in [0.05, 0.1) is 0 Å². The summed E-state index contributed by atoms with van der Waals surface area (Å²) in [6.07, 6.45) is 1.56. The molecule has 2 aromatic carbocycles. The molecular weight excluding hydrogens is 406 g/mol. The van der Waals surface area contributed by atoms with Gasteiger partial charge in [-0.15, -0.1) is 0 Å². The normalized spacial score (nSPS) is 11.7. The summed E-state index contributed by atoms with van der Waals surface area (Å²) in [6.45, 7) is 8.46.